The Morgan fingerprint density at radius 3 is 2.46 bits per heavy atom. The lowest BCUT2D eigenvalue weighted by molar-refractivity contribution is -0.114. The number of nitrogens with zero attached hydrogens (tertiary/aromatic N) is 2. The second kappa shape index (κ2) is 5.54. The van der Waals surface area contributed by atoms with Gasteiger partial charge in [-0.05, 0) is 0 Å². The number of ether oxygens (including phenoxy) is 1. The standard InChI is InChI=1S/C6H7N3O4/c1-12-6(11)8-5(10)4(3-7)9-13-2/h1-2H3,(H,8,10,11)/b9-4+. The maximum atomic E-state index is 10.9. The molecule has 0 saturated heterocycles. The molecule has 0 aliphatic rings. The summed E-state index contributed by atoms with van der Waals surface area (Å²) in [6.45, 7) is 0. The van der Waals surface area contributed by atoms with Crippen LogP contribution in [0.25, 0.3) is 0 Å². The van der Waals surface area contributed by atoms with Gasteiger partial charge in [0.15, 0.2) is 0 Å². The van der Waals surface area contributed by atoms with Crippen molar-refractivity contribution in [2.24, 2.45) is 5.16 Å². The third-order valence-electron chi connectivity index (χ3n) is 0.905. The van der Waals surface area contributed by atoms with Crippen molar-refractivity contribution in [3.8, 4) is 6.07 Å². The number of carbonyl (C=O) groups is 2. The van der Waals surface area contributed by atoms with Crippen molar-refractivity contribution in [2.45, 2.75) is 0 Å². The number of methoxy groups -OCH3 is 1. The van der Waals surface area contributed by atoms with E-state index in [2.05, 4.69) is 14.7 Å². The van der Waals surface area contributed by atoms with Crippen molar-refractivity contribution in [2.75, 3.05) is 14.2 Å². The summed E-state index contributed by atoms with van der Waals surface area (Å²) in [4.78, 5) is 25.6. The van der Waals surface area contributed by atoms with Gasteiger partial charge in [-0.25, -0.2) is 4.79 Å². The number of rotatable bonds is 2. The molecular formula is C6H7N3O4. The van der Waals surface area contributed by atoms with Crippen molar-refractivity contribution in [1.82, 2.24) is 5.32 Å². The third kappa shape index (κ3) is 3.71. The Morgan fingerprint density at radius 2 is 2.08 bits per heavy atom. The molecule has 0 atom stereocenters. The Hall–Kier alpha value is -2.10. The Labute approximate surface area is 73.9 Å². The van der Waals surface area contributed by atoms with E-state index in [0.29, 0.717) is 0 Å². The molecule has 2 amide bonds. The van der Waals surface area contributed by atoms with Crippen LogP contribution in [0.1, 0.15) is 0 Å². The quantitative estimate of drug-likeness (QED) is 0.457. The molecule has 1 N–H and O–H groups in total. The molecule has 0 radical (unpaired) electrons. The van der Waals surface area contributed by atoms with Gasteiger partial charge in [0.2, 0.25) is 5.71 Å². The van der Waals surface area contributed by atoms with Crippen molar-refractivity contribution < 1.29 is 19.2 Å². The molecule has 0 heterocycles. The number of imide groups is 1. The first kappa shape index (κ1) is 10.9. The van der Waals surface area contributed by atoms with E-state index in [0.717, 1.165) is 7.11 Å². The van der Waals surface area contributed by atoms with Crippen LogP contribution < -0.4 is 5.32 Å². The fourth-order valence-electron chi connectivity index (χ4n) is 0.407. The van der Waals surface area contributed by atoms with Gasteiger partial charge in [-0.15, -0.1) is 0 Å². The van der Waals surface area contributed by atoms with Crippen LogP contribution in [0.4, 0.5) is 4.79 Å². The Bertz CT molecular complexity index is 278. The Balaban J connectivity index is 4.34. The van der Waals surface area contributed by atoms with Crippen molar-refractivity contribution in [3.05, 3.63) is 0 Å². The summed E-state index contributed by atoms with van der Waals surface area (Å²) in [5.41, 5.74) is -0.562. The summed E-state index contributed by atoms with van der Waals surface area (Å²) in [5.74, 6) is -0.976. The molecule has 0 unspecified atom stereocenters. The average Bonchev–Trinajstić information content (AvgIpc) is 2.13. The van der Waals surface area contributed by atoms with Crippen molar-refractivity contribution in [1.29, 1.82) is 5.26 Å². The molecule has 0 bridgehead atoms. The monoisotopic (exact) mass is 185 g/mol. The van der Waals surface area contributed by atoms with Gasteiger partial charge in [0, 0.05) is 0 Å². The smallest absolute Gasteiger partial charge is 0.413 e. The second-order valence-electron chi connectivity index (χ2n) is 1.68. The van der Waals surface area contributed by atoms with Gasteiger partial charge in [0.05, 0.1) is 7.11 Å². The van der Waals surface area contributed by atoms with E-state index in [1.807, 2.05) is 0 Å². The van der Waals surface area contributed by atoms with Crippen molar-refractivity contribution in [3.63, 3.8) is 0 Å². The van der Waals surface area contributed by atoms with Gasteiger partial charge in [0.1, 0.15) is 13.2 Å². The molecule has 13 heavy (non-hydrogen) atoms. The molecule has 0 aromatic carbocycles. The van der Waals surface area contributed by atoms with Crippen LogP contribution in [0.3, 0.4) is 0 Å². The summed E-state index contributed by atoms with van der Waals surface area (Å²) in [7, 11) is 2.25. The van der Waals surface area contributed by atoms with E-state index in [4.69, 9.17) is 5.26 Å². The zero-order chi connectivity index (χ0) is 10.3. The van der Waals surface area contributed by atoms with E-state index in [1.54, 1.807) is 5.32 Å². The number of carbonyl (C=O) groups excluding carboxylic acids is 2. The number of oxime groups is 1. The minimum atomic E-state index is -0.976. The lowest BCUT2D eigenvalue weighted by Gasteiger charge is -1.98. The normalized spacial score (nSPS) is 9.77. The first-order valence-corrected chi connectivity index (χ1v) is 3.06. The molecule has 0 fully saturated rings. The molecule has 0 aliphatic heterocycles. The third-order valence-corrected chi connectivity index (χ3v) is 0.905. The summed E-state index contributed by atoms with van der Waals surface area (Å²) in [5, 5.41) is 13.1. The zero-order valence-electron chi connectivity index (χ0n) is 7.03. The molecular weight excluding hydrogens is 178 g/mol. The van der Waals surface area contributed by atoms with Crippen LogP contribution in [-0.2, 0) is 14.4 Å². The molecule has 0 saturated carbocycles. The first-order chi connectivity index (χ1) is 6.15. The topological polar surface area (TPSA) is 101 Å². The average molecular weight is 185 g/mol. The molecule has 0 aliphatic carbocycles. The van der Waals surface area contributed by atoms with E-state index in [9.17, 15) is 9.59 Å². The lowest BCUT2D eigenvalue weighted by Crippen LogP contribution is -2.35. The van der Waals surface area contributed by atoms with E-state index >= 15 is 0 Å². The largest absolute Gasteiger partial charge is 0.453 e. The molecule has 7 nitrogen and oxygen atoms in total. The molecule has 70 valence electrons. The fourth-order valence-corrected chi connectivity index (χ4v) is 0.407. The highest BCUT2D eigenvalue weighted by Crippen LogP contribution is 1.80. The van der Waals surface area contributed by atoms with Crippen molar-refractivity contribution >= 4 is 17.7 Å². The molecule has 7 heteroatoms. The number of nitriles is 1. The molecule has 0 aromatic rings. The first-order valence-electron chi connectivity index (χ1n) is 3.06. The van der Waals surface area contributed by atoms with Crippen LogP contribution >= 0.6 is 0 Å². The highest BCUT2D eigenvalue weighted by atomic mass is 16.6. The lowest BCUT2D eigenvalue weighted by atomic mass is 10.4. The van der Waals surface area contributed by atoms with Gasteiger partial charge < -0.3 is 9.57 Å². The fraction of sp³-hybridized carbons (Fsp3) is 0.333. The van der Waals surface area contributed by atoms with Gasteiger partial charge in [-0.2, -0.15) is 5.26 Å². The number of hydrogen-bond acceptors (Lipinski definition) is 6. The maximum absolute atomic E-state index is 10.9. The summed E-state index contributed by atoms with van der Waals surface area (Å²) >= 11 is 0. The molecule has 0 rings (SSSR count). The SMILES string of the molecule is CO/N=C(\C#N)C(=O)NC(=O)OC. The minimum Gasteiger partial charge on any atom is -0.453 e. The Kier molecular flexibility index (Phi) is 4.64. The number of nitrogens with one attached hydrogen (secondary N) is 1. The number of amides is 2. The number of alkyl carbamates (subject to hydrolysis) is 1. The van der Waals surface area contributed by atoms with E-state index in [1.165, 1.54) is 13.2 Å². The number of hydrogen-bond donors (Lipinski definition) is 1. The molecule has 0 aromatic heterocycles. The Morgan fingerprint density at radius 1 is 1.46 bits per heavy atom. The van der Waals surface area contributed by atoms with E-state index in [-0.39, 0.29) is 0 Å². The van der Waals surface area contributed by atoms with Crippen LogP contribution in [0.2, 0.25) is 0 Å². The predicted octanol–water partition coefficient (Wildman–Crippen LogP) is -0.605. The van der Waals surface area contributed by atoms with Gasteiger partial charge >= 0.3 is 6.09 Å². The summed E-state index contributed by atoms with van der Waals surface area (Å²) in [6, 6.07) is 1.44. The second-order valence-corrected chi connectivity index (χ2v) is 1.68. The van der Waals surface area contributed by atoms with Crippen LogP contribution in [0, 0.1) is 11.3 Å². The van der Waals surface area contributed by atoms with Gasteiger partial charge in [-0.3, -0.25) is 10.1 Å². The van der Waals surface area contributed by atoms with E-state index < -0.39 is 17.7 Å². The van der Waals surface area contributed by atoms with Gasteiger partial charge in [-0.1, -0.05) is 5.16 Å². The van der Waals surface area contributed by atoms with Crippen LogP contribution in [0.5, 0.6) is 0 Å². The predicted molar refractivity (Wildman–Crippen MR) is 40.6 cm³/mol. The highest BCUT2D eigenvalue weighted by molar-refractivity contribution is 6.46. The summed E-state index contributed by atoms with van der Waals surface area (Å²) < 4.78 is 4.12. The molecule has 0 spiro atoms. The maximum Gasteiger partial charge on any atom is 0.413 e. The summed E-state index contributed by atoms with van der Waals surface area (Å²) in [6.07, 6.45) is -0.968. The minimum absolute atomic E-state index is 0.562. The zero-order valence-corrected chi connectivity index (χ0v) is 7.03. The van der Waals surface area contributed by atoms with Crippen LogP contribution in [0.15, 0.2) is 5.16 Å². The van der Waals surface area contributed by atoms with Gasteiger partial charge in [0.25, 0.3) is 5.91 Å². The van der Waals surface area contributed by atoms with Crippen LogP contribution in [-0.4, -0.2) is 31.9 Å². The highest BCUT2D eigenvalue weighted by Gasteiger charge is 2.14.